The summed E-state index contributed by atoms with van der Waals surface area (Å²) in [7, 11) is 0. The van der Waals surface area contributed by atoms with Gasteiger partial charge >= 0.3 is 0 Å². The van der Waals surface area contributed by atoms with Crippen LogP contribution >= 0.6 is 11.8 Å². The van der Waals surface area contributed by atoms with Crippen LogP contribution in [-0.4, -0.2) is 5.25 Å². The zero-order valence-corrected chi connectivity index (χ0v) is 11.1. The Balaban J connectivity index is 2.05. The molecule has 0 spiro atoms. The van der Waals surface area contributed by atoms with Gasteiger partial charge in [0.1, 0.15) is 5.82 Å². The molecule has 2 N–H and O–H groups in total. The quantitative estimate of drug-likeness (QED) is 0.870. The van der Waals surface area contributed by atoms with Crippen molar-refractivity contribution in [2.45, 2.75) is 55.2 Å². The summed E-state index contributed by atoms with van der Waals surface area (Å²) in [4.78, 5) is 0.779. The third-order valence-corrected chi connectivity index (χ3v) is 4.72. The van der Waals surface area contributed by atoms with E-state index in [0.717, 1.165) is 10.5 Å². The first-order valence-corrected chi connectivity index (χ1v) is 7.26. The van der Waals surface area contributed by atoms with Crippen molar-refractivity contribution in [2.75, 3.05) is 0 Å². The first kappa shape index (κ1) is 12.9. The highest BCUT2D eigenvalue weighted by Crippen LogP contribution is 2.35. The molecular formula is C14H20FNS. The molecule has 0 aromatic heterocycles. The second-order valence-corrected chi connectivity index (χ2v) is 6.20. The Morgan fingerprint density at radius 3 is 2.59 bits per heavy atom. The Labute approximate surface area is 107 Å². The molecule has 3 heteroatoms. The molecule has 1 saturated carbocycles. The average Bonchev–Trinajstić information content (AvgIpc) is 2.33. The fraction of sp³-hybridized carbons (Fsp3) is 0.571. The average molecular weight is 253 g/mol. The number of benzene rings is 1. The van der Waals surface area contributed by atoms with Crippen molar-refractivity contribution in [3.05, 3.63) is 29.6 Å². The van der Waals surface area contributed by atoms with Gasteiger partial charge in [0.25, 0.3) is 0 Å². The van der Waals surface area contributed by atoms with Gasteiger partial charge in [0.05, 0.1) is 0 Å². The second-order valence-electron chi connectivity index (χ2n) is 4.86. The maximum atomic E-state index is 13.9. The number of hydrogen-bond acceptors (Lipinski definition) is 2. The van der Waals surface area contributed by atoms with Crippen LogP contribution in [0, 0.1) is 5.82 Å². The number of halogens is 1. The summed E-state index contributed by atoms with van der Waals surface area (Å²) in [5.41, 5.74) is 6.61. The van der Waals surface area contributed by atoms with Gasteiger partial charge in [-0.3, -0.25) is 0 Å². The van der Waals surface area contributed by atoms with Gasteiger partial charge in [-0.05, 0) is 37.5 Å². The van der Waals surface area contributed by atoms with Crippen LogP contribution in [0.5, 0.6) is 0 Å². The summed E-state index contributed by atoms with van der Waals surface area (Å²) in [6.45, 7) is 1.88. The van der Waals surface area contributed by atoms with E-state index < -0.39 is 0 Å². The van der Waals surface area contributed by atoms with Crippen LogP contribution in [0.4, 0.5) is 4.39 Å². The minimum atomic E-state index is -0.115. The van der Waals surface area contributed by atoms with Crippen LogP contribution < -0.4 is 5.73 Å². The highest BCUT2D eigenvalue weighted by atomic mass is 32.2. The van der Waals surface area contributed by atoms with Crippen molar-refractivity contribution in [3.63, 3.8) is 0 Å². The van der Waals surface area contributed by atoms with Gasteiger partial charge in [-0.15, -0.1) is 11.8 Å². The van der Waals surface area contributed by atoms with Gasteiger partial charge in [-0.1, -0.05) is 25.3 Å². The van der Waals surface area contributed by atoms with Crippen LogP contribution in [0.2, 0.25) is 0 Å². The molecule has 1 nitrogen and oxygen atoms in total. The number of thioether (sulfide) groups is 1. The van der Waals surface area contributed by atoms with Gasteiger partial charge in [0, 0.05) is 16.2 Å². The van der Waals surface area contributed by atoms with Crippen LogP contribution in [0.25, 0.3) is 0 Å². The normalized spacial score (nSPS) is 19.2. The first-order chi connectivity index (χ1) is 8.16. The third-order valence-electron chi connectivity index (χ3n) is 3.33. The maximum Gasteiger partial charge on any atom is 0.137 e. The molecule has 17 heavy (non-hydrogen) atoms. The molecule has 1 aromatic rings. The molecule has 2 rings (SSSR count). The fourth-order valence-corrected chi connectivity index (χ4v) is 3.50. The number of nitrogens with two attached hydrogens (primary N) is 1. The number of rotatable bonds is 3. The largest absolute Gasteiger partial charge is 0.324 e. The van der Waals surface area contributed by atoms with Crippen molar-refractivity contribution >= 4 is 11.8 Å². The highest BCUT2D eigenvalue weighted by Gasteiger charge is 2.16. The van der Waals surface area contributed by atoms with Crippen LogP contribution in [-0.2, 0) is 0 Å². The van der Waals surface area contributed by atoms with Crippen molar-refractivity contribution in [1.29, 1.82) is 0 Å². The minimum absolute atomic E-state index is 0.0989. The molecule has 1 aliphatic rings. The summed E-state index contributed by atoms with van der Waals surface area (Å²) < 4.78 is 13.9. The van der Waals surface area contributed by atoms with Gasteiger partial charge in [0.15, 0.2) is 0 Å². The monoisotopic (exact) mass is 253 g/mol. The summed E-state index contributed by atoms with van der Waals surface area (Å²) in [5.74, 6) is -0.115. The fourth-order valence-electron chi connectivity index (χ4n) is 2.26. The van der Waals surface area contributed by atoms with E-state index in [9.17, 15) is 4.39 Å². The molecule has 94 valence electrons. The van der Waals surface area contributed by atoms with Gasteiger partial charge in [-0.25, -0.2) is 4.39 Å². The lowest BCUT2D eigenvalue weighted by atomic mass is 10.0. The second kappa shape index (κ2) is 5.87. The predicted molar refractivity (Wildman–Crippen MR) is 71.7 cm³/mol. The number of hydrogen-bond donors (Lipinski definition) is 1. The molecule has 0 bridgehead atoms. The molecular weight excluding hydrogens is 233 g/mol. The Morgan fingerprint density at radius 2 is 2.00 bits per heavy atom. The minimum Gasteiger partial charge on any atom is -0.324 e. The lowest BCUT2D eigenvalue weighted by Crippen LogP contribution is -2.09. The molecule has 1 fully saturated rings. The molecule has 1 aromatic carbocycles. The SMILES string of the molecule is C[C@H](N)c1ccc(SC2CCCCC2)c(F)c1. The first-order valence-electron chi connectivity index (χ1n) is 6.38. The molecule has 1 aliphatic carbocycles. The van der Waals surface area contributed by atoms with E-state index in [4.69, 9.17) is 5.73 Å². The summed E-state index contributed by atoms with van der Waals surface area (Å²) in [6, 6.07) is 5.31. The van der Waals surface area contributed by atoms with Crippen molar-refractivity contribution in [3.8, 4) is 0 Å². The highest BCUT2D eigenvalue weighted by molar-refractivity contribution is 8.00. The standard InChI is InChI=1S/C14H20FNS/c1-10(16)11-7-8-14(13(15)9-11)17-12-5-3-2-4-6-12/h7-10,12H,2-6,16H2,1H3/t10-/m0/s1. The molecule has 0 heterocycles. The van der Waals surface area contributed by atoms with Crippen molar-refractivity contribution in [2.24, 2.45) is 5.73 Å². The molecule has 0 aliphatic heterocycles. The van der Waals surface area contributed by atoms with Crippen LogP contribution in [0.15, 0.2) is 23.1 Å². The Bertz CT molecular complexity index is 372. The van der Waals surface area contributed by atoms with Crippen LogP contribution in [0.1, 0.15) is 50.6 Å². The van der Waals surface area contributed by atoms with Gasteiger partial charge in [0.2, 0.25) is 0 Å². The van der Waals surface area contributed by atoms with E-state index >= 15 is 0 Å². The third kappa shape index (κ3) is 3.46. The molecule has 0 saturated heterocycles. The van der Waals surface area contributed by atoms with Crippen LogP contribution in [0.3, 0.4) is 0 Å². The van der Waals surface area contributed by atoms with Crippen molar-refractivity contribution in [1.82, 2.24) is 0 Å². The molecule has 0 radical (unpaired) electrons. The summed E-state index contributed by atoms with van der Waals surface area (Å²) >= 11 is 1.70. The maximum absolute atomic E-state index is 13.9. The Morgan fingerprint density at radius 1 is 1.29 bits per heavy atom. The van der Waals surface area contributed by atoms with E-state index in [1.165, 1.54) is 32.1 Å². The zero-order valence-electron chi connectivity index (χ0n) is 10.3. The van der Waals surface area contributed by atoms with E-state index in [-0.39, 0.29) is 11.9 Å². The molecule has 0 amide bonds. The lowest BCUT2D eigenvalue weighted by molar-refractivity contribution is 0.514. The topological polar surface area (TPSA) is 26.0 Å². The molecule has 1 atom stereocenters. The zero-order chi connectivity index (χ0) is 12.3. The van der Waals surface area contributed by atoms with E-state index in [1.54, 1.807) is 17.8 Å². The van der Waals surface area contributed by atoms with E-state index in [1.807, 2.05) is 19.1 Å². The summed E-state index contributed by atoms with van der Waals surface area (Å²) in [5, 5.41) is 0.597. The van der Waals surface area contributed by atoms with Crippen molar-refractivity contribution < 1.29 is 4.39 Å². The lowest BCUT2D eigenvalue weighted by Gasteiger charge is -2.21. The summed E-state index contributed by atoms with van der Waals surface area (Å²) in [6.07, 6.45) is 6.36. The molecule has 0 unspecified atom stereocenters. The Kier molecular flexibility index (Phi) is 4.46. The predicted octanol–water partition coefficient (Wildman–Crippen LogP) is 4.27. The van der Waals surface area contributed by atoms with E-state index in [2.05, 4.69) is 0 Å². The van der Waals surface area contributed by atoms with Gasteiger partial charge in [-0.2, -0.15) is 0 Å². The smallest absolute Gasteiger partial charge is 0.137 e. The Hall–Kier alpha value is -0.540. The van der Waals surface area contributed by atoms with Gasteiger partial charge < -0.3 is 5.73 Å². The van der Waals surface area contributed by atoms with E-state index in [0.29, 0.717) is 5.25 Å².